The van der Waals surface area contributed by atoms with Gasteiger partial charge in [0.15, 0.2) is 0 Å². The van der Waals surface area contributed by atoms with E-state index in [1.54, 1.807) is 13.1 Å². The van der Waals surface area contributed by atoms with Crippen LogP contribution in [0.4, 0.5) is 5.82 Å². The van der Waals surface area contributed by atoms with Gasteiger partial charge in [-0.25, -0.2) is 9.99 Å². The molecular weight excluding hydrogens is 252 g/mol. The van der Waals surface area contributed by atoms with E-state index in [1.807, 2.05) is 5.01 Å². The van der Waals surface area contributed by atoms with Gasteiger partial charge in [-0.2, -0.15) is 0 Å². The van der Waals surface area contributed by atoms with Crippen molar-refractivity contribution in [2.75, 3.05) is 25.5 Å². The van der Waals surface area contributed by atoms with Gasteiger partial charge in [-0.15, -0.1) is 0 Å². The number of amides is 1. The van der Waals surface area contributed by atoms with Crippen LogP contribution in [0.5, 0.6) is 0 Å². The van der Waals surface area contributed by atoms with E-state index < -0.39 is 0 Å². The van der Waals surface area contributed by atoms with Crippen LogP contribution in [-0.4, -0.2) is 36.0 Å². The van der Waals surface area contributed by atoms with Crippen molar-refractivity contribution >= 4 is 23.3 Å². The number of halogens is 1. The van der Waals surface area contributed by atoms with Crippen molar-refractivity contribution in [2.24, 2.45) is 0 Å². The molecule has 2 heterocycles. The summed E-state index contributed by atoms with van der Waals surface area (Å²) in [5.74, 6) is 0.448. The van der Waals surface area contributed by atoms with Gasteiger partial charge in [0.1, 0.15) is 5.82 Å². The molecular formula is C12H17ClN4O. The molecule has 1 amide bonds. The largest absolute Gasteiger partial charge is 0.373 e. The van der Waals surface area contributed by atoms with Crippen molar-refractivity contribution in [1.29, 1.82) is 0 Å². The maximum Gasteiger partial charge on any atom is 0.267 e. The topological polar surface area (TPSA) is 57.3 Å². The van der Waals surface area contributed by atoms with Gasteiger partial charge in [0.25, 0.3) is 5.91 Å². The summed E-state index contributed by atoms with van der Waals surface area (Å²) in [7, 11) is 1.75. The molecule has 0 radical (unpaired) electrons. The van der Waals surface area contributed by atoms with Gasteiger partial charge in [-0.3, -0.25) is 10.2 Å². The van der Waals surface area contributed by atoms with Crippen LogP contribution in [0, 0.1) is 0 Å². The van der Waals surface area contributed by atoms with Crippen LogP contribution < -0.4 is 10.7 Å². The minimum Gasteiger partial charge on any atom is -0.373 e. The smallest absolute Gasteiger partial charge is 0.267 e. The summed E-state index contributed by atoms with van der Waals surface area (Å²) in [6.45, 7) is 1.79. The number of nitrogens with zero attached hydrogens (tertiary/aromatic N) is 2. The highest BCUT2D eigenvalue weighted by atomic mass is 35.5. The quantitative estimate of drug-likeness (QED) is 0.879. The van der Waals surface area contributed by atoms with E-state index in [4.69, 9.17) is 11.6 Å². The van der Waals surface area contributed by atoms with E-state index >= 15 is 0 Å². The number of aromatic nitrogens is 1. The zero-order chi connectivity index (χ0) is 13.0. The van der Waals surface area contributed by atoms with Crippen molar-refractivity contribution in [3.8, 4) is 0 Å². The second kappa shape index (κ2) is 6.02. The fourth-order valence-corrected chi connectivity index (χ4v) is 2.15. The highest BCUT2D eigenvalue weighted by Gasteiger charge is 2.16. The summed E-state index contributed by atoms with van der Waals surface area (Å²) in [6.07, 6.45) is 4.95. The number of rotatable bonds is 3. The van der Waals surface area contributed by atoms with Crippen LogP contribution >= 0.6 is 11.6 Å². The number of piperidine rings is 1. The number of carbonyl (C=O) groups is 1. The SMILES string of the molecule is CNc1cc(C(=O)NN2CCCCC2)c(Cl)cn1. The lowest BCUT2D eigenvalue weighted by atomic mass is 10.2. The first-order chi connectivity index (χ1) is 8.70. The molecule has 6 heteroatoms. The van der Waals surface area contributed by atoms with Crippen molar-refractivity contribution in [1.82, 2.24) is 15.4 Å². The van der Waals surface area contributed by atoms with Gasteiger partial charge >= 0.3 is 0 Å². The summed E-state index contributed by atoms with van der Waals surface area (Å²) in [5, 5.41) is 5.20. The highest BCUT2D eigenvalue weighted by Crippen LogP contribution is 2.18. The lowest BCUT2D eigenvalue weighted by molar-refractivity contribution is 0.0750. The summed E-state index contributed by atoms with van der Waals surface area (Å²) >= 11 is 6.00. The molecule has 98 valence electrons. The van der Waals surface area contributed by atoms with Gasteiger partial charge in [-0.1, -0.05) is 18.0 Å². The second-order valence-corrected chi connectivity index (χ2v) is 4.70. The molecule has 18 heavy (non-hydrogen) atoms. The van der Waals surface area contributed by atoms with Gasteiger partial charge in [-0.05, 0) is 18.9 Å². The van der Waals surface area contributed by atoms with Crippen LogP contribution in [0.3, 0.4) is 0 Å². The first-order valence-corrected chi connectivity index (χ1v) is 6.47. The molecule has 2 rings (SSSR count). The predicted octanol–water partition coefficient (Wildman–Crippen LogP) is 1.91. The Hall–Kier alpha value is -1.33. The molecule has 0 unspecified atom stereocenters. The van der Waals surface area contributed by atoms with Crippen molar-refractivity contribution in [3.05, 3.63) is 22.8 Å². The molecule has 2 N–H and O–H groups in total. The number of nitrogens with one attached hydrogen (secondary N) is 2. The normalized spacial score (nSPS) is 16.3. The molecule has 1 aliphatic rings. The van der Waals surface area contributed by atoms with E-state index in [-0.39, 0.29) is 5.91 Å². The number of hydrogen-bond acceptors (Lipinski definition) is 4. The fourth-order valence-electron chi connectivity index (χ4n) is 1.96. The fraction of sp³-hybridized carbons (Fsp3) is 0.500. The molecule has 1 saturated heterocycles. The van der Waals surface area contributed by atoms with Gasteiger partial charge in [0.05, 0.1) is 10.6 Å². The van der Waals surface area contributed by atoms with Crippen LogP contribution in [0.1, 0.15) is 29.6 Å². The Morgan fingerprint density at radius 3 is 2.78 bits per heavy atom. The molecule has 0 bridgehead atoms. The Kier molecular flexibility index (Phi) is 4.38. The Balaban J connectivity index is 2.07. The first kappa shape index (κ1) is 13.1. The Morgan fingerprint density at radius 2 is 2.11 bits per heavy atom. The average molecular weight is 269 g/mol. The molecule has 5 nitrogen and oxygen atoms in total. The molecule has 1 fully saturated rings. The lowest BCUT2D eigenvalue weighted by Crippen LogP contribution is -2.45. The van der Waals surface area contributed by atoms with E-state index in [9.17, 15) is 4.79 Å². The summed E-state index contributed by atoms with van der Waals surface area (Å²) in [4.78, 5) is 16.2. The lowest BCUT2D eigenvalue weighted by Gasteiger charge is -2.26. The molecule has 0 spiro atoms. The Bertz CT molecular complexity index is 432. The van der Waals surface area contributed by atoms with E-state index in [1.165, 1.54) is 12.6 Å². The predicted molar refractivity (Wildman–Crippen MR) is 71.7 cm³/mol. The number of hydrazine groups is 1. The molecule has 0 aromatic carbocycles. The van der Waals surface area contributed by atoms with Crippen LogP contribution in [-0.2, 0) is 0 Å². The average Bonchev–Trinajstić information content (AvgIpc) is 2.40. The standard InChI is InChI=1S/C12H17ClN4O/c1-14-11-7-9(10(13)8-15-11)12(18)16-17-5-3-2-4-6-17/h7-8H,2-6H2,1H3,(H,14,15)(H,16,18). The monoisotopic (exact) mass is 268 g/mol. The molecule has 1 aliphatic heterocycles. The van der Waals surface area contributed by atoms with Crippen LogP contribution in [0.25, 0.3) is 0 Å². The summed E-state index contributed by atoms with van der Waals surface area (Å²) in [6, 6.07) is 1.65. The highest BCUT2D eigenvalue weighted by molar-refractivity contribution is 6.33. The van der Waals surface area contributed by atoms with Crippen LogP contribution in [0.2, 0.25) is 5.02 Å². The van der Waals surface area contributed by atoms with E-state index in [0.29, 0.717) is 16.4 Å². The van der Waals surface area contributed by atoms with Crippen molar-refractivity contribution < 1.29 is 4.79 Å². The second-order valence-electron chi connectivity index (χ2n) is 4.29. The third-order valence-electron chi connectivity index (χ3n) is 2.97. The van der Waals surface area contributed by atoms with Crippen molar-refractivity contribution in [3.63, 3.8) is 0 Å². The molecule has 1 aromatic rings. The zero-order valence-electron chi connectivity index (χ0n) is 10.4. The third-order valence-corrected chi connectivity index (χ3v) is 3.27. The summed E-state index contributed by atoms with van der Waals surface area (Å²) in [5.41, 5.74) is 3.33. The van der Waals surface area contributed by atoms with Gasteiger partial charge < -0.3 is 5.32 Å². The summed E-state index contributed by atoms with van der Waals surface area (Å²) < 4.78 is 0. The molecule has 0 saturated carbocycles. The number of carbonyl (C=O) groups excluding carboxylic acids is 1. The maximum atomic E-state index is 12.1. The zero-order valence-corrected chi connectivity index (χ0v) is 11.1. The van der Waals surface area contributed by atoms with Crippen molar-refractivity contribution in [2.45, 2.75) is 19.3 Å². The Morgan fingerprint density at radius 1 is 1.39 bits per heavy atom. The third kappa shape index (κ3) is 3.11. The van der Waals surface area contributed by atoms with E-state index in [2.05, 4.69) is 15.7 Å². The molecule has 0 aliphatic carbocycles. The Labute approximate surface area is 111 Å². The molecule has 1 aromatic heterocycles. The van der Waals surface area contributed by atoms with E-state index in [0.717, 1.165) is 25.9 Å². The van der Waals surface area contributed by atoms with Gasteiger partial charge in [0.2, 0.25) is 0 Å². The molecule has 0 atom stereocenters. The minimum absolute atomic E-state index is 0.180. The maximum absolute atomic E-state index is 12.1. The number of pyridine rings is 1. The number of hydrogen-bond donors (Lipinski definition) is 2. The van der Waals surface area contributed by atoms with Gasteiger partial charge in [0, 0.05) is 26.3 Å². The minimum atomic E-state index is -0.180. The number of anilines is 1. The first-order valence-electron chi connectivity index (χ1n) is 6.10. The van der Waals surface area contributed by atoms with Crippen LogP contribution in [0.15, 0.2) is 12.3 Å².